The van der Waals surface area contributed by atoms with E-state index in [2.05, 4.69) is 6.92 Å². The Labute approximate surface area is 114 Å². The summed E-state index contributed by atoms with van der Waals surface area (Å²) < 4.78 is 11.5. The number of ether oxygens (including phenoxy) is 2. The second kappa shape index (κ2) is 5.85. The van der Waals surface area contributed by atoms with Crippen molar-refractivity contribution in [2.75, 3.05) is 6.61 Å². The third-order valence-electron chi connectivity index (χ3n) is 3.62. The van der Waals surface area contributed by atoms with E-state index in [0.29, 0.717) is 13.0 Å². The van der Waals surface area contributed by atoms with Crippen molar-refractivity contribution in [1.82, 2.24) is 0 Å². The molecule has 0 spiro atoms. The molecule has 0 radical (unpaired) electrons. The molecule has 0 N–H and O–H groups in total. The summed E-state index contributed by atoms with van der Waals surface area (Å²) in [4.78, 5) is 12.2. The Balaban J connectivity index is 1.98. The van der Waals surface area contributed by atoms with E-state index in [9.17, 15) is 4.79 Å². The lowest BCUT2D eigenvalue weighted by Crippen LogP contribution is -2.28. The van der Waals surface area contributed by atoms with Gasteiger partial charge in [-0.25, -0.2) is 0 Å². The van der Waals surface area contributed by atoms with Gasteiger partial charge in [0.1, 0.15) is 0 Å². The molecular formula is C16H22O3. The number of hydrogen-bond acceptors (Lipinski definition) is 3. The van der Waals surface area contributed by atoms with Crippen LogP contribution in [0.4, 0.5) is 0 Å². The predicted molar refractivity (Wildman–Crippen MR) is 74.1 cm³/mol. The third-order valence-corrected chi connectivity index (χ3v) is 3.62. The van der Waals surface area contributed by atoms with Crippen LogP contribution in [0.2, 0.25) is 0 Å². The van der Waals surface area contributed by atoms with Crippen molar-refractivity contribution in [2.24, 2.45) is 5.92 Å². The van der Waals surface area contributed by atoms with Crippen molar-refractivity contribution >= 4 is 5.78 Å². The molecule has 3 nitrogen and oxygen atoms in total. The molecule has 1 aliphatic rings. The van der Waals surface area contributed by atoms with Crippen LogP contribution in [0.3, 0.4) is 0 Å². The van der Waals surface area contributed by atoms with Gasteiger partial charge >= 0.3 is 0 Å². The summed E-state index contributed by atoms with van der Waals surface area (Å²) in [7, 11) is 0. The Hall–Kier alpha value is -1.19. The first-order chi connectivity index (χ1) is 9.02. The molecule has 2 unspecified atom stereocenters. The molecule has 3 heteroatoms. The van der Waals surface area contributed by atoms with Gasteiger partial charge in [0.05, 0.1) is 12.7 Å². The maximum absolute atomic E-state index is 12.2. The zero-order valence-corrected chi connectivity index (χ0v) is 11.9. The van der Waals surface area contributed by atoms with Crippen molar-refractivity contribution in [3.8, 4) is 0 Å². The van der Waals surface area contributed by atoms with Gasteiger partial charge < -0.3 is 9.47 Å². The first-order valence-electron chi connectivity index (χ1n) is 6.92. The highest BCUT2D eigenvalue weighted by molar-refractivity contribution is 5.96. The number of benzene rings is 1. The van der Waals surface area contributed by atoms with Crippen LogP contribution in [-0.4, -0.2) is 24.3 Å². The highest BCUT2D eigenvalue weighted by atomic mass is 16.7. The molecule has 0 amide bonds. The molecule has 0 aromatic heterocycles. The molecule has 104 valence electrons. The molecule has 1 saturated heterocycles. The Morgan fingerprint density at radius 2 is 2.05 bits per heavy atom. The van der Waals surface area contributed by atoms with Crippen LogP contribution in [0.1, 0.15) is 44.0 Å². The summed E-state index contributed by atoms with van der Waals surface area (Å²) in [5, 5.41) is 0. The minimum atomic E-state index is -0.520. The van der Waals surface area contributed by atoms with E-state index >= 15 is 0 Å². The van der Waals surface area contributed by atoms with Gasteiger partial charge in [0, 0.05) is 12.0 Å². The molecule has 0 saturated carbocycles. The van der Waals surface area contributed by atoms with Gasteiger partial charge in [0.2, 0.25) is 0 Å². The SMILES string of the molecule is CCC(CC(=O)c1ccccc1)C1COC(C)(C)O1. The lowest BCUT2D eigenvalue weighted by Gasteiger charge is -2.22. The molecule has 0 bridgehead atoms. The second-order valence-electron chi connectivity index (χ2n) is 5.53. The van der Waals surface area contributed by atoms with E-state index in [0.717, 1.165) is 12.0 Å². The normalized spacial score (nSPS) is 23.2. The fraction of sp³-hybridized carbons (Fsp3) is 0.562. The minimum absolute atomic E-state index is 0.0210. The van der Waals surface area contributed by atoms with Gasteiger partial charge in [-0.2, -0.15) is 0 Å². The highest BCUT2D eigenvalue weighted by Crippen LogP contribution is 2.30. The molecule has 2 rings (SSSR count). The molecule has 0 aliphatic carbocycles. The first kappa shape index (κ1) is 14.2. The Bertz CT molecular complexity index is 425. The number of rotatable bonds is 5. The van der Waals surface area contributed by atoms with Crippen LogP contribution >= 0.6 is 0 Å². The molecule has 19 heavy (non-hydrogen) atoms. The summed E-state index contributed by atoms with van der Waals surface area (Å²) in [6, 6.07) is 9.44. The summed E-state index contributed by atoms with van der Waals surface area (Å²) in [5.41, 5.74) is 0.777. The molecule has 1 heterocycles. The molecular weight excluding hydrogens is 240 g/mol. The van der Waals surface area contributed by atoms with Crippen molar-refractivity contribution in [3.05, 3.63) is 35.9 Å². The number of ketones is 1. The van der Waals surface area contributed by atoms with E-state index in [1.165, 1.54) is 0 Å². The molecule has 2 atom stereocenters. The summed E-state index contributed by atoms with van der Waals surface area (Å²) >= 11 is 0. The van der Waals surface area contributed by atoms with Crippen LogP contribution in [-0.2, 0) is 9.47 Å². The first-order valence-corrected chi connectivity index (χ1v) is 6.92. The van der Waals surface area contributed by atoms with Crippen LogP contribution in [0.15, 0.2) is 30.3 Å². The number of carbonyl (C=O) groups excluding carboxylic acids is 1. The van der Waals surface area contributed by atoms with E-state index in [1.807, 2.05) is 44.2 Å². The van der Waals surface area contributed by atoms with Crippen LogP contribution in [0, 0.1) is 5.92 Å². The van der Waals surface area contributed by atoms with E-state index in [1.54, 1.807) is 0 Å². The van der Waals surface area contributed by atoms with Gasteiger partial charge in [-0.3, -0.25) is 4.79 Å². The average Bonchev–Trinajstić information content (AvgIpc) is 2.77. The minimum Gasteiger partial charge on any atom is -0.348 e. The largest absolute Gasteiger partial charge is 0.348 e. The predicted octanol–water partition coefficient (Wildman–Crippen LogP) is 3.44. The van der Waals surface area contributed by atoms with Crippen molar-refractivity contribution in [1.29, 1.82) is 0 Å². The third kappa shape index (κ3) is 3.64. The molecule has 1 aliphatic heterocycles. The molecule has 1 aromatic carbocycles. The van der Waals surface area contributed by atoms with E-state index in [-0.39, 0.29) is 17.8 Å². The van der Waals surface area contributed by atoms with Gasteiger partial charge in [-0.05, 0) is 19.8 Å². The van der Waals surface area contributed by atoms with E-state index in [4.69, 9.17) is 9.47 Å². The standard InChI is InChI=1S/C16H22O3/c1-4-12(15-11-18-16(2,3)19-15)10-14(17)13-8-6-5-7-9-13/h5-9,12,15H,4,10-11H2,1-3H3. The van der Waals surface area contributed by atoms with Crippen LogP contribution in [0.25, 0.3) is 0 Å². The zero-order chi connectivity index (χ0) is 13.9. The lowest BCUT2D eigenvalue weighted by atomic mass is 9.91. The Morgan fingerprint density at radius 3 is 2.58 bits per heavy atom. The second-order valence-corrected chi connectivity index (χ2v) is 5.53. The fourth-order valence-corrected chi connectivity index (χ4v) is 2.47. The maximum Gasteiger partial charge on any atom is 0.163 e. The number of carbonyl (C=O) groups is 1. The fourth-order valence-electron chi connectivity index (χ4n) is 2.47. The summed E-state index contributed by atoms with van der Waals surface area (Å²) in [5.74, 6) is -0.122. The van der Waals surface area contributed by atoms with Crippen LogP contribution in [0.5, 0.6) is 0 Å². The molecule has 1 aromatic rings. The summed E-state index contributed by atoms with van der Waals surface area (Å²) in [6.45, 7) is 6.50. The van der Waals surface area contributed by atoms with Gasteiger partial charge in [0.15, 0.2) is 11.6 Å². The Morgan fingerprint density at radius 1 is 1.37 bits per heavy atom. The topological polar surface area (TPSA) is 35.5 Å². The maximum atomic E-state index is 12.2. The van der Waals surface area contributed by atoms with Gasteiger partial charge in [-0.15, -0.1) is 0 Å². The average molecular weight is 262 g/mol. The Kier molecular flexibility index (Phi) is 4.38. The van der Waals surface area contributed by atoms with E-state index < -0.39 is 5.79 Å². The molecule has 1 fully saturated rings. The summed E-state index contributed by atoms with van der Waals surface area (Å²) in [6.07, 6.45) is 1.46. The number of hydrogen-bond donors (Lipinski definition) is 0. The van der Waals surface area contributed by atoms with Gasteiger partial charge in [-0.1, -0.05) is 43.7 Å². The number of Topliss-reactive ketones (excluding diaryl/α,β-unsaturated/α-hetero) is 1. The van der Waals surface area contributed by atoms with Crippen molar-refractivity contribution < 1.29 is 14.3 Å². The quantitative estimate of drug-likeness (QED) is 0.763. The van der Waals surface area contributed by atoms with Gasteiger partial charge in [0.25, 0.3) is 0 Å². The monoisotopic (exact) mass is 262 g/mol. The smallest absolute Gasteiger partial charge is 0.163 e. The zero-order valence-electron chi connectivity index (χ0n) is 11.9. The highest BCUT2D eigenvalue weighted by Gasteiger charge is 2.37. The lowest BCUT2D eigenvalue weighted by molar-refractivity contribution is -0.144. The van der Waals surface area contributed by atoms with Crippen molar-refractivity contribution in [3.63, 3.8) is 0 Å². The van der Waals surface area contributed by atoms with Crippen LogP contribution < -0.4 is 0 Å². The van der Waals surface area contributed by atoms with Crippen molar-refractivity contribution in [2.45, 2.75) is 45.5 Å².